The molecule has 6 heteroatoms. The predicted octanol–water partition coefficient (Wildman–Crippen LogP) is 1.76. The average Bonchev–Trinajstić information content (AvgIpc) is 2.82. The molecule has 2 N–H and O–H groups in total. The van der Waals surface area contributed by atoms with Gasteiger partial charge < -0.3 is 10.4 Å². The van der Waals surface area contributed by atoms with Gasteiger partial charge in [-0.15, -0.1) is 5.10 Å². The first-order valence-electron chi connectivity index (χ1n) is 6.76. The van der Waals surface area contributed by atoms with Crippen molar-refractivity contribution in [3.63, 3.8) is 0 Å². The number of aromatic nitrogens is 3. The van der Waals surface area contributed by atoms with Crippen LogP contribution >= 0.6 is 0 Å². The molecule has 0 saturated carbocycles. The van der Waals surface area contributed by atoms with E-state index in [0.29, 0.717) is 5.69 Å². The van der Waals surface area contributed by atoms with E-state index < -0.39 is 5.60 Å². The zero-order valence-electron chi connectivity index (χ0n) is 12.7. The van der Waals surface area contributed by atoms with Gasteiger partial charge in [-0.2, -0.15) is 0 Å². The van der Waals surface area contributed by atoms with E-state index in [4.69, 9.17) is 0 Å². The normalized spacial score (nSPS) is 11.5. The molecule has 1 aromatic heterocycles. The van der Waals surface area contributed by atoms with E-state index in [1.54, 1.807) is 20.0 Å². The Hall–Kier alpha value is -2.21. The van der Waals surface area contributed by atoms with Crippen LogP contribution in [0.1, 0.15) is 30.7 Å². The third-order valence-corrected chi connectivity index (χ3v) is 3.14. The van der Waals surface area contributed by atoms with Gasteiger partial charge in [0.15, 0.2) is 0 Å². The minimum Gasteiger partial charge on any atom is -0.384 e. The molecule has 1 heterocycles. The fraction of sp³-hybridized carbons (Fsp3) is 0.400. The molecule has 1 amide bonds. The molecule has 0 unspecified atom stereocenters. The van der Waals surface area contributed by atoms with Crippen molar-refractivity contribution in [1.29, 1.82) is 0 Å². The van der Waals surface area contributed by atoms with Crippen molar-refractivity contribution in [1.82, 2.24) is 15.0 Å². The fourth-order valence-electron chi connectivity index (χ4n) is 1.86. The van der Waals surface area contributed by atoms with Crippen LogP contribution in [0.5, 0.6) is 0 Å². The Bertz CT molecular complexity index is 656. The standard InChI is InChI=1S/C15H20N4O2/c1-10-5-6-11(2)12(7-10)16-14(20)9-19-8-13(17-18-19)15(3,4)21/h5-8,21H,9H2,1-4H3,(H,16,20). The summed E-state index contributed by atoms with van der Waals surface area (Å²) in [6, 6.07) is 5.89. The van der Waals surface area contributed by atoms with Gasteiger partial charge in [0.25, 0.3) is 0 Å². The number of hydrogen-bond donors (Lipinski definition) is 2. The Morgan fingerprint density at radius 2 is 2.10 bits per heavy atom. The Labute approximate surface area is 123 Å². The van der Waals surface area contributed by atoms with E-state index >= 15 is 0 Å². The molecule has 2 rings (SSSR count). The van der Waals surface area contributed by atoms with Crippen LogP contribution in [-0.2, 0) is 16.9 Å². The highest BCUT2D eigenvalue weighted by molar-refractivity contribution is 5.91. The number of aryl methyl sites for hydroxylation is 2. The van der Waals surface area contributed by atoms with Crippen LogP contribution in [0.4, 0.5) is 5.69 Å². The summed E-state index contributed by atoms with van der Waals surface area (Å²) in [5, 5.41) is 20.4. The molecule has 6 nitrogen and oxygen atoms in total. The second-order valence-electron chi connectivity index (χ2n) is 5.73. The monoisotopic (exact) mass is 288 g/mol. The number of nitrogens with zero attached hydrogens (tertiary/aromatic N) is 3. The number of anilines is 1. The number of carbonyl (C=O) groups excluding carboxylic acids is 1. The molecule has 0 aliphatic heterocycles. The minimum absolute atomic E-state index is 0.0520. The van der Waals surface area contributed by atoms with Crippen molar-refractivity contribution in [2.45, 2.75) is 39.8 Å². The lowest BCUT2D eigenvalue weighted by atomic mass is 10.1. The van der Waals surface area contributed by atoms with Gasteiger partial charge in [0.05, 0.1) is 6.20 Å². The van der Waals surface area contributed by atoms with Crippen LogP contribution < -0.4 is 5.32 Å². The van der Waals surface area contributed by atoms with Crippen LogP contribution in [0, 0.1) is 13.8 Å². The van der Waals surface area contributed by atoms with Crippen molar-refractivity contribution in [2.75, 3.05) is 5.32 Å². The van der Waals surface area contributed by atoms with E-state index in [9.17, 15) is 9.90 Å². The second kappa shape index (κ2) is 5.65. The zero-order chi connectivity index (χ0) is 15.6. The molecule has 21 heavy (non-hydrogen) atoms. The Balaban J connectivity index is 2.05. The molecular formula is C15H20N4O2. The van der Waals surface area contributed by atoms with Gasteiger partial charge in [0, 0.05) is 5.69 Å². The van der Waals surface area contributed by atoms with Crippen molar-refractivity contribution in [3.05, 3.63) is 41.2 Å². The number of rotatable bonds is 4. The second-order valence-corrected chi connectivity index (χ2v) is 5.73. The molecule has 0 bridgehead atoms. The smallest absolute Gasteiger partial charge is 0.246 e. The van der Waals surface area contributed by atoms with E-state index in [1.165, 1.54) is 4.68 Å². The third-order valence-electron chi connectivity index (χ3n) is 3.14. The van der Waals surface area contributed by atoms with Crippen molar-refractivity contribution in [2.24, 2.45) is 0 Å². The van der Waals surface area contributed by atoms with E-state index in [1.807, 2.05) is 32.0 Å². The Kier molecular flexibility index (Phi) is 4.09. The highest BCUT2D eigenvalue weighted by Gasteiger charge is 2.20. The SMILES string of the molecule is Cc1ccc(C)c(NC(=O)Cn2cc(C(C)(C)O)nn2)c1. The van der Waals surface area contributed by atoms with Crippen LogP contribution in [0.3, 0.4) is 0 Å². The molecule has 0 aliphatic carbocycles. The topological polar surface area (TPSA) is 80.0 Å². The molecule has 0 fully saturated rings. The minimum atomic E-state index is -1.07. The number of nitrogens with one attached hydrogen (secondary N) is 1. The van der Waals surface area contributed by atoms with Gasteiger partial charge in [0.2, 0.25) is 5.91 Å². The van der Waals surface area contributed by atoms with E-state index in [0.717, 1.165) is 16.8 Å². The van der Waals surface area contributed by atoms with Gasteiger partial charge in [-0.25, -0.2) is 4.68 Å². The molecule has 0 atom stereocenters. The first-order valence-corrected chi connectivity index (χ1v) is 6.76. The lowest BCUT2D eigenvalue weighted by Gasteiger charge is -2.12. The quantitative estimate of drug-likeness (QED) is 0.898. The van der Waals surface area contributed by atoms with Crippen molar-refractivity contribution in [3.8, 4) is 0 Å². The molecule has 0 radical (unpaired) electrons. The van der Waals surface area contributed by atoms with E-state index in [-0.39, 0.29) is 12.5 Å². The number of aliphatic hydroxyl groups is 1. The van der Waals surface area contributed by atoms with Gasteiger partial charge in [-0.05, 0) is 44.9 Å². The van der Waals surface area contributed by atoms with Crippen molar-refractivity contribution >= 4 is 11.6 Å². The predicted molar refractivity (Wildman–Crippen MR) is 79.8 cm³/mol. The average molecular weight is 288 g/mol. The summed E-state index contributed by atoms with van der Waals surface area (Å²) in [5.41, 5.74) is 2.25. The first-order chi connectivity index (χ1) is 9.75. The van der Waals surface area contributed by atoms with Crippen LogP contribution in [0.15, 0.2) is 24.4 Å². The molecule has 0 spiro atoms. The fourth-order valence-corrected chi connectivity index (χ4v) is 1.86. The maximum atomic E-state index is 12.0. The summed E-state index contributed by atoms with van der Waals surface area (Å²) in [6.07, 6.45) is 1.57. The Morgan fingerprint density at radius 3 is 2.71 bits per heavy atom. The number of amides is 1. The van der Waals surface area contributed by atoms with E-state index in [2.05, 4.69) is 15.6 Å². The third kappa shape index (κ3) is 3.88. The molecule has 0 aliphatic rings. The summed E-state index contributed by atoms with van der Waals surface area (Å²) in [5.74, 6) is -0.184. The number of benzene rings is 1. The molecule has 112 valence electrons. The largest absolute Gasteiger partial charge is 0.384 e. The van der Waals surface area contributed by atoms with Crippen molar-refractivity contribution < 1.29 is 9.90 Å². The summed E-state index contributed by atoms with van der Waals surface area (Å²) >= 11 is 0. The van der Waals surface area contributed by atoms with Gasteiger partial charge in [0.1, 0.15) is 17.8 Å². The molecular weight excluding hydrogens is 268 g/mol. The summed E-state index contributed by atoms with van der Waals surface area (Å²) in [4.78, 5) is 12.0. The molecule has 2 aromatic rings. The van der Waals surface area contributed by atoms with Crippen LogP contribution in [0.25, 0.3) is 0 Å². The lowest BCUT2D eigenvalue weighted by Crippen LogP contribution is -2.20. The summed E-state index contributed by atoms with van der Waals surface area (Å²) in [7, 11) is 0. The highest BCUT2D eigenvalue weighted by atomic mass is 16.3. The van der Waals surface area contributed by atoms with Gasteiger partial charge in [-0.1, -0.05) is 17.3 Å². The highest BCUT2D eigenvalue weighted by Crippen LogP contribution is 2.17. The zero-order valence-corrected chi connectivity index (χ0v) is 12.7. The van der Waals surface area contributed by atoms with Crippen LogP contribution in [-0.4, -0.2) is 26.0 Å². The lowest BCUT2D eigenvalue weighted by molar-refractivity contribution is -0.116. The van der Waals surface area contributed by atoms with Crippen LogP contribution in [0.2, 0.25) is 0 Å². The molecule has 0 saturated heterocycles. The summed E-state index contributed by atoms with van der Waals surface area (Å²) < 4.78 is 1.41. The maximum absolute atomic E-state index is 12.0. The Morgan fingerprint density at radius 1 is 1.38 bits per heavy atom. The number of carbonyl (C=O) groups is 1. The molecule has 1 aromatic carbocycles. The number of hydrogen-bond acceptors (Lipinski definition) is 4. The van der Waals surface area contributed by atoms with Gasteiger partial charge in [-0.3, -0.25) is 4.79 Å². The first kappa shape index (κ1) is 15.2. The summed E-state index contributed by atoms with van der Waals surface area (Å²) in [6.45, 7) is 7.21. The maximum Gasteiger partial charge on any atom is 0.246 e. The van der Waals surface area contributed by atoms with Gasteiger partial charge >= 0.3 is 0 Å².